The molecule has 2 aliphatic rings. The van der Waals surface area contributed by atoms with Gasteiger partial charge in [-0.15, -0.1) is 11.8 Å². The first-order valence-corrected chi connectivity index (χ1v) is 11.5. The molecule has 5 rings (SSSR count). The van der Waals surface area contributed by atoms with Gasteiger partial charge in [-0.1, -0.05) is 41.7 Å². The van der Waals surface area contributed by atoms with Crippen molar-refractivity contribution < 1.29 is 14.3 Å². The second-order valence-corrected chi connectivity index (χ2v) is 9.27. The van der Waals surface area contributed by atoms with Gasteiger partial charge in [0.15, 0.2) is 0 Å². The number of carbonyl (C=O) groups is 1. The highest BCUT2D eigenvalue weighted by Gasteiger charge is 2.39. The first-order chi connectivity index (χ1) is 14.7. The van der Waals surface area contributed by atoms with Gasteiger partial charge in [0.1, 0.15) is 18.0 Å². The molecule has 0 bridgehead atoms. The maximum Gasteiger partial charge on any atom is 0.308 e. The molecule has 0 saturated heterocycles. The summed E-state index contributed by atoms with van der Waals surface area (Å²) in [5.41, 5.74) is 1.72. The number of thioether (sulfide) groups is 1. The quantitative estimate of drug-likeness (QED) is 0.668. The molecular weight excluding hydrogens is 420 g/mol. The average molecular weight is 441 g/mol. The van der Waals surface area contributed by atoms with Crippen molar-refractivity contribution in [2.24, 2.45) is 5.92 Å². The lowest BCUT2D eigenvalue weighted by atomic mass is 9.84. The number of nitrogens with one attached hydrogen (secondary N) is 1. The number of anilines is 1. The number of nitrogens with zero attached hydrogens (tertiary/aromatic N) is 1. The number of para-hydroxylation sites is 3. The number of thiazole rings is 1. The van der Waals surface area contributed by atoms with Crippen LogP contribution in [0.5, 0.6) is 11.5 Å². The summed E-state index contributed by atoms with van der Waals surface area (Å²) in [6.45, 7) is 0.625. The molecule has 3 heterocycles. The number of aromatic nitrogens is 1. The van der Waals surface area contributed by atoms with E-state index >= 15 is 0 Å². The van der Waals surface area contributed by atoms with E-state index in [-0.39, 0.29) is 23.2 Å². The molecule has 1 aromatic heterocycles. The van der Waals surface area contributed by atoms with E-state index in [0.717, 1.165) is 27.0 Å². The van der Waals surface area contributed by atoms with Crippen LogP contribution in [0.1, 0.15) is 16.4 Å². The van der Waals surface area contributed by atoms with E-state index in [4.69, 9.17) is 9.47 Å². The number of methoxy groups -OCH3 is 1. The van der Waals surface area contributed by atoms with Gasteiger partial charge < -0.3 is 14.8 Å². The first kappa shape index (κ1) is 19.3. The van der Waals surface area contributed by atoms with Crippen LogP contribution < -0.4 is 19.7 Å². The molecule has 2 aromatic carbocycles. The predicted molar refractivity (Wildman–Crippen MR) is 118 cm³/mol. The number of amides is 1. The highest BCUT2D eigenvalue weighted by Crippen LogP contribution is 2.50. The Kier molecular flexibility index (Phi) is 5.04. The van der Waals surface area contributed by atoms with Crippen molar-refractivity contribution in [3.05, 3.63) is 68.6 Å². The topological polar surface area (TPSA) is 69.6 Å². The Labute approximate surface area is 181 Å². The lowest BCUT2D eigenvalue weighted by Gasteiger charge is -2.36. The van der Waals surface area contributed by atoms with Crippen molar-refractivity contribution in [1.82, 2.24) is 4.57 Å². The van der Waals surface area contributed by atoms with Crippen LogP contribution in [0.4, 0.5) is 5.69 Å². The fourth-order valence-corrected chi connectivity index (χ4v) is 6.76. The summed E-state index contributed by atoms with van der Waals surface area (Å²) in [4.78, 5) is 26.5. The Hall–Kier alpha value is -2.71. The molecule has 6 nitrogen and oxygen atoms in total. The smallest absolute Gasteiger partial charge is 0.308 e. The molecule has 0 radical (unpaired) electrons. The Morgan fingerprint density at radius 2 is 2.03 bits per heavy atom. The van der Waals surface area contributed by atoms with E-state index in [1.54, 1.807) is 35.6 Å². The van der Waals surface area contributed by atoms with Crippen molar-refractivity contribution in [1.29, 1.82) is 0 Å². The summed E-state index contributed by atoms with van der Waals surface area (Å²) in [5, 5.41) is 3.76. The zero-order chi connectivity index (χ0) is 20.7. The molecule has 8 heteroatoms. The van der Waals surface area contributed by atoms with E-state index in [9.17, 15) is 9.59 Å². The molecule has 1 N–H and O–H groups in total. The molecule has 30 heavy (non-hydrogen) atoms. The number of ether oxygens (including phenoxy) is 2. The summed E-state index contributed by atoms with van der Waals surface area (Å²) in [7, 11) is 1.56. The lowest BCUT2D eigenvalue weighted by molar-refractivity contribution is -0.116. The number of carbonyl (C=O) groups excluding carboxylic acids is 1. The molecule has 3 aromatic rings. The molecule has 0 aliphatic carbocycles. The minimum Gasteiger partial charge on any atom is -0.495 e. The maximum atomic E-state index is 12.8. The summed E-state index contributed by atoms with van der Waals surface area (Å²) in [6.07, 6.45) is 0. The molecule has 0 saturated carbocycles. The van der Waals surface area contributed by atoms with Crippen LogP contribution in [0, 0.1) is 5.92 Å². The summed E-state index contributed by atoms with van der Waals surface area (Å²) in [5.74, 6) is 2.54. The number of fused-ring (bicyclic) bond motifs is 5. The van der Waals surface area contributed by atoms with Gasteiger partial charge in [-0.25, -0.2) is 0 Å². The molecule has 0 spiro atoms. The minimum absolute atomic E-state index is 0.0226. The van der Waals surface area contributed by atoms with Crippen molar-refractivity contribution in [3.8, 4) is 11.5 Å². The Morgan fingerprint density at radius 3 is 2.90 bits per heavy atom. The molecule has 2 aliphatic heterocycles. The summed E-state index contributed by atoms with van der Waals surface area (Å²) < 4.78 is 12.8. The monoisotopic (exact) mass is 440 g/mol. The van der Waals surface area contributed by atoms with Crippen molar-refractivity contribution in [3.63, 3.8) is 0 Å². The van der Waals surface area contributed by atoms with E-state index in [1.165, 1.54) is 11.3 Å². The summed E-state index contributed by atoms with van der Waals surface area (Å²) in [6, 6.07) is 15.3. The zero-order valence-electron chi connectivity index (χ0n) is 16.3. The second-order valence-electron chi connectivity index (χ2n) is 7.27. The van der Waals surface area contributed by atoms with Crippen molar-refractivity contribution >= 4 is 34.7 Å². The van der Waals surface area contributed by atoms with E-state index in [1.807, 2.05) is 30.3 Å². The predicted octanol–water partition coefficient (Wildman–Crippen LogP) is 3.80. The third-order valence-corrected chi connectivity index (χ3v) is 7.95. The number of hydrogen-bond acceptors (Lipinski definition) is 6. The van der Waals surface area contributed by atoms with Gasteiger partial charge >= 0.3 is 4.87 Å². The van der Waals surface area contributed by atoms with Crippen LogP contribution in [-0.2, 0) is 11.3 Å². The van der Waals surface area contributed by atoms with Crippen LogP contribution in [0.25, 0.3) is 0 Å². The van der Waals surface area contributed by atoms with Crippen LogP contribution >= 0.6 is 23.1 Å². The first-order valence-electron chi connectivity index (χ1n) is 9.66. The average Bonchev–Trinajstić information content (AvgIpc) is 3.09. The zero-order valence-corrected chi connectivity index (χ0v) is 17.9. The maximum absolute atomic E-state index is 12.8. The van der Waals surface area contributed by atoms with Gasteiger partial charge in [0.05, 0.1) is 24.4 Å². The van der Waals surface area contributed by atoms with Gasteiger partial charge in [0, 0.05) is 28.0 Å². The largest absolute Gasteiger partial charge is 0.495 e. The van der Waals surface area contributed by atoms with Crippen LogP contribution in [0.2, 0.25) is 0 Å². The van der Waals surface area contributed by atoms with Crippen LogP contribution in [-0.4, -0.2) is 29.9 Å². The Bertz CT molecular complexity index is 1170. The molecular formula is C22H20N2O4S2. The fourth-order valence-electron chi connectivity index (χ4n) is 4.07. The molecule has 154 valence electrons. The van der Waals surface area contributed by atoms with E-state index in [2.05, 4.69) is 11.4 Å². The fraction of sp³-hybridized carbons (Fsp3) is 0.273. The Balaban J connectivity index is 1.45. The highest BCUT2D eigenvalue weighted by atomic mass is 32.2. The van der Waals surface area contributed by atoms with Crippen molar-refractivity contribution in [2.75, 3.05) is 24.8 Å². The third kappa shape index (κ3) is 3.30. The Morgan fingerprint density at radius 1 is 1.23 bits per heavy atom. The minimum atomic E-state index is -0.252. The standard InChI is InChI=1S/C22H20N2O4S2/c1-27-17-9-5-3-7-15(17)23-18(25)10-24-21-20(30-22(24)26)19-13(12-29-21)11-28-16-8-4-2-6-14(16)19/h2-9,13,19H,10-12H2,1H3,(H,23,25)/t13-,19-/m1/s1. The van der Waals surface area contributed by atoms with Gasteiger partial charge in [0.25, 0.3) is 0 Å². The number of hydrogen-bond donors (Lipinski definition) is 1. The SMILES string of the molecule is COc1ccccc1NC(=O)Cn1c2c(sc1=O)[C@H]1c3ccccc3OC[C@@H]1CS2. The lowest BCUT2D eigenvalue weighted by Crippen LogP contribution is -2.31. The van der Waals surface area contributed by atoms with Crippen LogP contribution in [0.3, 0.4) is 0 Å². The third-order valence-electron chi connectivity index (χ3n) is 5.45. The van der Waals surface area contributed by atoms with Gasteiger partial charge in [0.2, 0.25) is 5.91 Å². The van der Waals surface area contributed by atoms with Gasteiger partial charge in [-0.05, 0) is 18.2 Å². The highest BCUT2D eigenvalue weighted by molar-refractivity contribution is 7.99. The number of rotatable bonds is 4. The van der Waals surface area contributed by atoms with Gasteiger partial charge in [-0.3, -0.25) is 14.2 Å². The van der Waals surface area contributed by atoms with E-state index < -0.39 is 0 Å². The molecule has 2 atom stereocenters. The second kappa shape index (κ2) is 7.85. The van der Waals surface area contributed by atoms with Crippen molar-refractivity contribution in [2.45, 2.75) is 17.5 Å². The van der Waals surface area contributed by atoms with Crippen LogP contribution in [0.15, 0.2) is 58.4 Å². The number of benzene rings is 2. The van der Waals surface area contributed by atoms with E-state index in [0.29, 0.717) is 24.0 Å². The molecule has 0 fully saturated rings. The normalized spacial score (nSPS) is 19.1. The van der Waals surface area contributed by atoms with Gasteiger partial charge in [-0.2, -0.15) is 0 Å². The molecule has 0 unspecified atom stereocenters. The summed E-state index contributed by atoms with van der Waals surface area (Å²) >= 11 is 2.89. The molecule has 1 amide bonds.